The Morgan fingerprint density at radius 3 is 0.859 bits per heavy atom. The van der Waals surface area contributed by atoms with Gasteiger partial charge in [0.2, 0.25) is 0 Å². The highest BCUT2D eigenvalue weighted by atomic mass is 15.2. The quantitative estimate of drug-likeness (QED) is 0.128. The lowest BCUT2D eigenvalue weighted by atomic mass is 9.96. The first-order valence-electron chi connectivity index (χ1n) is 22.0. The summed E-state index contributed by atoms with van der Waals surface area (Å²) in [4.78, 5) is 4.80. The summed E-state index contributed by atoms with van der Waals surface area (Å²) < 4.78 is 0. The van der Waals surface area contributed by atoms with Gasteiger partial charge in [-0.05, 0) is 130 Å². The van der Waals surface area contributed by atoms with Crippen LogP contribution in [0.25, 0.3) is 55.6 Å². The maximum Gasteiger partial charge on any atom is 0.0540 e. The Bertz CT molecular complexity index is 2920. The fourth-order valence-corrected chi connectivity index (χ4v) is 8.91. The zero-order valence-corrected chi connectivity index (χ0v) is 36.1. The Morgan fingerprint density at radius 1 is 0.219 bits per heavy atom. The average molecular weight is 821 g/mol. The summed E-state index contributed by atoms with van der Waals surface area (Å²) in [5.41, 5.74) is 21.0. The summed E-state index contributed by atoms with van der Waals surface area (Å²) >= 11 is 0. The topological polar surface area (TPSA) is 6.48 Å². The monoisotopic (exact) mass is 820 g/mol. The molecule has 0 fully saturated rings. The lowest BCUT2D eigenvalue weighted by molar-refractivity contribution is 1.24. The second-order valence-electron chi connectivity index (χ2n) is 16.3. The van der Waals surface area contributed by atoms with E-state index in [1.54, 1.807) is 0 Å². The summed E-state index contributed by atoms with van der Waals surface area (Å²) in [7, 11) is 0. The van der Waals surface area contributed by atoms with Gasteiger partial charge in [-0.25, -0.2) is 0 Å². The van der Waals surface area contributed by atoms with Gasteiger partial charge in [-0.3, -0.25) is 0 Å². The molecule has 0 aromatic heterocycles. The van der Waals surface area contributed by atoms with E-state index >= 15 is 0 Å². The second kappa shape index (κ2) is 18.0. The molecule has 0 atom stereocenters. The van der Waals surface area contributed by atoms with Crippen LogP contribution in [0, 0.1) is 13.8 Å². The SMILES string of the molecule is Cc1cc(-c2ccc(N(c3ccccc3)c3ccccc3-c3ccc(-c4ccccc4)cc3)c(C)c2)ccc1N(c1ccccc1)c1ccccc1-c1ccc(-c2ccccc2)cc1. The van der Waals surface area contributed by atoms with E-state index in [0.717, 1.165) is 34.1 Å². The molecule has 0 saturated carbocycles. The van der Waals surface area contributed by atoms with E-state index in [-0.39, 0.29) is 0 Å². The highest BCUT2D eigenvalue weighted by Gasteiger charge is 2.21. The van der Waals surface area contributed by atoms with Gasteiger partial charge in [-0.2, -0.15) is 0 Å². The molecule has 0 spiro atoms. The van der Waals surface area contributed by atoms with Crippen molar-refractivity contribution < 1.29 is 0 Å². The average Bonchev–Trinajstić information content (AvgIpc) is 3.37. The third-order valence-electron chi connectivity index (χ3n) is 12.1. The number of hydrogen-bond acceptors (Lipinski definition) is 2. The van der Waals surface area contributed by atoms with Gasteiger partial charge in [0.05, 0.1) is 11.4 Å². The Labute approximate surface area is 377 Å². The zero-order valence-electron chi connectivity index (χ0n) is 36.1. The lowest BCUT2D eigenvalue weighted by Gasteiger charge is -2.30. The molecule has 0 saturated heterocycles. The minimum absolute atomic E-state index is 1.11. The Balaban J connectivity index is 1.000. The van der Waals surface area contributed by atoms with Crippen LogP contribution in [-0.4, -0.2) is 0 Å². The number of rotatable bonds is 11. The number of aryl methyl sites for hydroxylation is 2. The van der Waals surface area contributed by atoms with Crippen LogP contribution < -0.4 is 9.80 Å². The van der Waals surface area contributed by atoms with Crippen LogP contribution >= 0.6 is 0 Å². The van der Waals surface area contributed by atoms with E-state index in [1.807, 2.05) is 0 Å². The smallest absolute Gasteiger partial charge is 0.0540 e. The molecular formula is C62H48N2. The largest absolute Gasteiger partial charge is 0.310 e. The first kappa shape index (κ1) is 39.9. The predicted molar refractivity (Wildman–Crippen MR) is 272 cm³/mol. The molecular weight excluding hydrogens is 773 g/mol. The highest BCUT2D eigenvalue weighted by Crippen LogP contribution is 2.45. The first-order chi connectivity index (χ1) is 31.6. The maximum absolute atomic E-state index is 2.40. The molecule has 0 unspecified atom stereocenters. The van der Waals surface area contributed by atoms with Crippen molar-refractivity contribution in [1.29, 1.82) is 0 Å². The molecule has 0 amide bonds. The molecule has 306 valence electrons. The predicted octanol–water partition coefficient (Wildman–Crippen LogP) is 17.6. The maximum atomic E-state index is 2.40. The second-order valence-corrected chi connectivity index (χ2v) is 16.3. The van der Waals surface area contributed by atoms with Crippen LogP contribution in [0.1, 0.15) is 11.1 Å². The lowest BCUT2D eigenvalue weighted by Crippen LogP contribution is -2.13. The zero-order chi connectivity index (χ0) is 43.2. The van der Waals surface area contributed by atoms with Gasteiger partial charge in [0.15, 0.2) is 0 Å². The summed E-state index contributed by atoms with van der Waals surface area (Å²) in [6.45, 7) is 4.46. The molecule has 0 heterocycles. The van der Waals surface area contributed by atoms with Gasteiger partial charge >= 0.3 is 0 Å². The minimum Gasteiger partial charge on any atom is -0.310 e. The van der Waals surface area contributed by atoms with Crippen molar-refractivity contribution in [2.24, 2.45) is 0 Å². The molecule has 2 nitrogen and oxygen atoms in total. The molecule has 0 radical (unpaired) electrons. The molecule has 0 aliphatic carbocycles. The molecule has 64 heavy (non-hydrogen) atoms. The Morgan fingerprint density at radius 2 is 0.500 bits per heavy atom. The number of hydrogen-bond donors (Lipinski definition) is 0. The van der Waals surface area contributed by atoms with Crippen LogP contribution in [0.2, 0.25) is 0 Å². The van der Waals surface area contributed by atoms with Crippen molar-refractivity contribution >= 4 is 34.1 Å². The number of nitrogens with zero attached hydrogens (tertiary/aromatic N) is 2. The van der Waals surface area contributed by atoms with Gasteiger partial charge in [0, 0.05) is 33.9 Å². The van der Waals surface area contributed by atoms with Crippen LogP contribution in [0.3, 0.4) is 0 Å². The van der Waals surface area contributed by atoms with Crippen molar-refractivity contribution in [1.82, 2.24) is 0 Å². The van der Waals surface area contributed by atoms with E-state index in [0.29, 0.717) is 0 Å². The van der Waals surface area contributed by atoms with Crippen molar-refractivity contribution in [3.63, 3.8) is 0 Å². The minimum atomic E-state index is 1.11. The number of benzene rings is 10. The van der Waals surface area contributed by atoms with E-state index in [2.05, 4.69) is 278 Å². The van der Waals surface area contributed by atoms with Crippen molar-refractivity contribution in [2.75, 3.05) is 9.80 Å². The third-order valence-corrected chi connectivity index (χ3v) is 12.1. The highest BCUT2D eigenvalue weighted by molar-refractivity contribution is 5.92. The molecule has 0 aliphatic rings. The van der Waals surface area contributed by atoms with Crippen LogP contribution in [-0.2, 0) is 0 Å². The molecule has 10 rings (SSSR count). The Kier molecular flexibility index (Phi) is 11.2. The van der Waals surface area contributed by atoms with E-state index in [4.69, 9.17) is 0 Å². The summed E-state index contributed by atoms with van der Waals surface area (Å²) in [6.07, 6.45) is 0. The first-order valence-corrected chi connectivity index (χ1v) is 22.0. The van der Waals surface area contributed by atoms with Crippen LogP contribution in [0.5, 0.6) is 0 Å². The molecule has 0 aliphatic heterocycles. The fourth-order valence-electron chi connectivity index (χ4n) is 8.91. The summed E-state index contributed by atoms with van der Waals surface area (Å²) in [5.74, 6) is 0. The Hall–Kier alpha value is -8.20. The van der Waals surface area contributed by atoms with Gasteiger partial charge in [0.1, 0.15) is 0 Å². The van der Waals surface area contributed by atoms with Crippen molar-refractivity contribution in [3.05, 3.63) is 266 Å². The van der Waals surface area contributed by atoms with Crippen LogP contribution in [0.4, 0.5) is 34.1 Å². The van der Waals surface area contributed by atoms with Gasteiger partial charge in [-0.15, -0.1) is 0 Å². The molecule has 10 aromatic rings. The normalized spacial score (nSPS) is 11.0. The van der Waals surface area contributed by atoms with E-state index in [9.17, 15) is 0 Å². The fraction of sp³-hybridized carbons (Fsp3) is 0.0323. The summed E-state index contributed by atoms with van der Waals surface area (Å²) in [5, 5.41) is 0. The van der Waals surface area contributed by atoms with Gasteiger partial charge < -0.3 is 9.80 Å². The van der Waals surface area contributed by atoms with Crippen LogP contribution in [0.15, 0.2) is 255 Å². The standard InChI is InChI=1S/C62H48N2/c1-45-43-53(39-41-59(45)63(55-23-11-5-12-24-55)61-29-17-15-27-57(61)51-35-31-49(32-36-51)47-19-7-3-8-20-47)54-40-42-60(46(2)44-54)64(56-25-13-6-14-26-56)62-30-18-16-28-58(62)52-37-33-50(34-38-52)48-21-9-4-10-22-48/h3-44H,1-2H3. The van der Waals surface area contributed by atoms with Crippen molar-refractivity contribution in [2.45, 2.75) is 13.8 Å². The third kappa shape index (κ3) is 8.13. The van der Waals surface area contributed by atoms with Gasteiger partial charge in [0.25, 0.3) is 0 Å². The number of para-hydroxylation sites is 4. The number of anilines is 6. The summed E-state index contributed by atoms with van der Waals surface area (Å²) in [6, 6.07) is 91.7. The molecule has 0 N–H and O–H groups in total. The van der Waals surface area contributed by atoms with Crippen molar-refractivity contribution in [3.8, 4) is 55.6 Å². The van der Waals surface area contributed by atoms with E-state index in [1.165, 1.54) is 66.8 Å². The molecule has 2 heteroatoms. The van der Waals surface area contributed by atoms with Gasteiger partial charge in [-0.1, -0.05) is 194 Å². The van der Waals surface area contributed by atoms with E-state index < -0.39 is 0 Å². The molecule has 0 bridgehead atoms. The molecule has 10 aromatic carbocycles.